The van der Waals surface area contributed by atoms with Gasteiger partial charge in [0.25, 0.3) is 0 Å². The van der Waals surface area contributed by atoms with E-state index in [4.69, 9.17) is 5.11 Å². The zero-order valence-electron chi connectivity index (χ0n) is 8.44. The van der Waals surface area contributed by atoms with Gasteiger partial charge in [0.1, 0.15) is 5.82 Å². The third-order valence-corrected chi connectivity index (χ3v) is 2.81. The van der Waals surface area contributed by atoms with Gasteiger partial charge in [-0.15, -0.1) is 0 Å². The second-order valence-electron chi connectivity index (χ2n) is 3.92. The van der Waals surface area contributed by atoms with Crippen molar-refractivity contribution in [3.8, 4) is 0 Å². The number of hydrogen-bond acceptors (Lipinski definition) is 3. The Morgan fingerprint density at radius 3 is 2.80 bits per heavy atom. The van der Waals surface area contributed by atoms with Gasteiger partial charge in [-0.25, -0.2) is 9.78 Å². The topological polar surface area (TPSA) is 62.2 Å². The molecule has 0 spiro atoms. The van der Waals surface area contributed by atoms with E-state index >= 15 is 0 Å². The number of carboxylic acids is 1. The Balaban J connectivity index is 1.88. The van der Waals surface area contributed by atoms with E-state index in [9.17, 15) is 4.79 Å². The summed E-state index contributed by atoms with van der Waals surface area (Å²) in [4.78, 5) is 14.6. The number of rotatable bonds is 4. The Morgan fingerprint density at radius 2 is 2.33 bits per heavy atom. The number of nitrogens with zero attached hydrogens (tertiary/aromatic N) is 1. The van der Waals surface area contributed by atoms with Crippen molar-refractivity contribution >= 4 is 11.8 Å². The van der Waals surface area contributed by atoms with Crippen LogP contribution in [-0.4, -0.2) is 22.6 Å². The summed E-state index contributed by atoms with van der Waals surface area (Å²) < 4.78 is 0. The molecule has 2 rings (SSSR count). The van der Waals surface area contributed by atoms with E-state index in [2.05, 4.69) is 10.3 Å². The minimum absolute atomic E-state index is 0.226. The number of anilines is 1. The molecule has 0 atom stereocenters. The standard InChI is InChI=1S/C11H14N2O2/c14-11(15)9-4-5-10(13-7-9)12-6-8-2-1-3-8/h4-5,7-8H,1-3,6H2,(H,12,13)(H,14,15). The SMILES string of the molecule is O=C(O)c1ccc(NCC2CCC2)nc1. The second-order valence-corrected chi connectivity index (χ2v) is 3.92. The third kappa shape index (κ3) is 2.46. The fourth-order valence-electron chi connectivity index (χ4n) is 1.57. The number of aromatic carboxylic acids is 1. The Bertz CT molecular complexity index is 344. The van der Waals surface area contributed by atoms with Crippen LogP contribution in [-0.2, 0) is 0 Å². The van der Waals surface area contributed by atoms with E-state index in [0.717, 1.165) is 18.3 Å². The van der Waals surface area contributed by atoms with Crippen molar-refractivity contribution in [2.45, 2.75) is 19.3 Å². The molecule has 1 fully saturated rings. The molecule has 4 heteroatoms. The predicted octanol–water partition coefficient (Wildman–Crippen LogP) is 1.99. The Kier molecular flexibility index (Phi) is 2.85. The third-order valence-electron chi connectivity index (χ3n) is 2.81. The first-order valence-corrected chi connectivity index (χ1v) is 5.19. The molecule has 1 aliphatic rings. The maximum Gasteiger partial charge on any atom is 0.337 e. The number of nitrogens with one attached hydrogen (secondary N) is 1. The molecule has 0 aliphatic heterocycles. The second kappa shape index (κ2) is 4.29. The average molecular weight is 206 g/mol. The zero-order chi connectivity index (χ0) is 10.7. The molecule has 1 aromatic rings. The summed E-state index contributed by atoms with van der Waals surface area (Å²) in [6.07, 6.45) is 5.30. The quantitative estimate of drug-likeness (QED) is 0.790. The van der Waals surface area contributed by atoms with E-state index < -0.39 is 5.97 Å². The van der Waals surface area contributed by atoms with Crippen LogP contribution < -0.4 is 5.32 Å². The van der Waals surface area contributed by atoms with Gasteiger partial charge in [-0.2, -0.15) is 0 Å². The van der Waals surface area contributed by atoms with Gasteiger partial charge in [0.05, 0.1) is 5.56 Å². The smallest absolute Gasteiger partial charge is 0.337 e. The molecule has 1 aromatic heterocycles. The Morgan fingerprint density at radius 1 is 1.53 bits per heavy atom. The molecule has 1 heterocycles. The zero-order valence-corrected chi connectivity index (χ0v) is 8.44. The summed E-state index contributed by atoms with van der Waals surface area (Å²) in [5.41, 5.74) is 0.226. The van der Waals surface area contributed by atoms with Crippen LogP contribution in [0.15, 0.2) is 18.3 Å². The van der Waals surface area contributed by atoms with Crippen molar-refractivity contribution < 1.29 is 9.90 Å². The van der Waals surface area contributed by atoms with Crippen LogP contribution in [0.5, 0.6) is 0 Å². The first-order chi connectivity index (χ1) is 7.25. The lowest BCUT2D eigenvalue weighted by molar-refractivity contribution is 0.0696. The van der Waals surface area contributed by atoms with Crippen molar-refractivity contribution in [2.24, 2.45) is 5.92 Å². The van der Waals surface area contributed by atoms with Crippen molar-refractivity contribution in [1.29, 1.82) is 0 Å². The highest BCUT2D eigenvalue weighted by Crippen LogP contribution is 2.26. The molecule has 1 aliphatic carbocycles. The molecule has 4 nitrogen and oxygen atoms in total. The van der Waals surface area contributed by atoms with Crippen molar-refractivity contribution in [1.82, 2.24) is 4.98 Å². The van der Waals surface area contributed by atoms with Crippen molar-refractivity contribution in [3.63, 3.8) is 0 Å². The van der Waals surface area contributed by atoms with Gasteiger partial charge in [-0.3, -0.25) is 0 Å². The summed E-state index contributed by atoms with van der Waals surface area (Å²) in [6.45, 7) is 0.944. The van der Waals surface area contributed by atoms with E-state index in [1.807, 2.05) is 0 Å². The molecule has 0 amide bonds. The van der Waals surface area contributed by atoms with Crippen molar-refractivity contribution in [2.75, 3.05) is 11.9 Å². The minimum atomic E-state index is -0.937. The first kappa shape index (κ1) is 9.96. The minimum Gasteiger partial charge on any atom is -0.478 e. The molecule has 0 aromatic carbocycles. The van der Waals surface area contributed by atoms with Gasteiger partial charge in [0, 0.05) is 12.7 Å². The van der Waals surface area contributed by atoms with Crippen LogP contribution in [0, 0.1) is 5.92 Å². The van der Waals surface area contributed by atoms with Gasteiger partial charge in [-0.05, 0) is 30.9 Å². The van der Waals surface area contributed by atoms with Crippen LogP contribution in [0.4, 0.5) is 5.82 Å². The maximum absolute atomic E-state index is 10.6. The average Bonchev–Trinajstić information content (AvgIpc) is 2.16. The molecular weight excluding hydrogens is 192 g/mol. The maximum atomic E-state index is 10.6. The van der Waals surface area contributed by atoms with E-state index in [-0.39, 0.29) is 5.56 Å². The first-order valence-electron chi connectivity index (χ1n) is 5.19. The molecule has 2 N–H and O–H groups in total. The molecule has 15 heavy (non-hydrogen) atoms. The monoisotopic (exact) mass is 206 g/mol. The van der Waals surface area contributed by atoms with Crippen LogP contribution in [0.1, 0.15) is 29.6 Å². The lowest BCUT2D eigenvalue weighted by Crippen LogP contribution is -2.21. The Labute approximate surface area is 88.3 Å². The predicted molar refractivity (Wildman–Crippen MR) is 57.0 cm³/mol. The summed E-state index contributed by atoms with van der Waals surface area (Å²) in [5, 5.41) is 11.9. The normalized spacial score (nSPS) is 15.7. The molecule has 0 unspecified atom stereocenters. The Hall–Kier alpha value is -1.58. The van der Waals surface area contributed by atoms with Gasteiger partial charge in [0.15, 0.2) is 0 Å². The summed E-state index contributed by atoms with van der Waals surface area (Å²) >= 11 is 0. The van der Waals surface area contributed by atoms with Crippen LogP contribution in [0.2, 0.25) is 0 Å². The number of carbonyl (C=O) groups is 1. The lowest BCUT2D eigenvalue weighted by Gasteiger charge is -2.25. The van der Waals surface area contributed by atoms with E-state index in [0.29, 0.717) is 0 Å². The molecule has 0 radical (unpaired) electrons. The van der Waals surface area contributed by atoms with Crippen LogP contribution in [0.25, 0.3) is 0 Å². The molecular formula is C11H14N2O2. The molecule has 80 valence electrons. The van der Waals surface area contributed by atoms with Gasteiger partial charge in [-0.1, -0.05) is 6.42 Å². The van der Waals surface area contributed by atoms with Gasteiger partial charge >= 0.3 is 5.97 Å². The summed E-state index contributed by atoms with van der Waals surface area (Å²) in [5.74, 6) is 0.589. The molecule has 1 saturated carbocycles. The lowest BCUT2D eigenvalue weighted by atomic mass is 9.85. The largest absolute Gasteiger partial charge is 0.478 e. The number of aromatic nitrogens is 1. The number of pyridine rings is 1. The summed E-state index contributed by atoms with van der Waals surface area (Å²) in [7, 11) is 0. The van der Waals surface area contributed by atoms with E-state index in [1.54, 1.807) is 12.1 Å². The number of hydrogen-bond donors (Lipinski definition) is 2. The van der Waals surface area contributed by atoms with E-state index in [1.165, 1.54) is 25.5 Å². The fraction of sp³-hybridized carbons (Fsp3) is 0.455. The fourth-order valence-corrected chi connectivity index (χ4v) is 1.57. The number of carboxylic acid groups (broad SMARTS) is 1. The van der Waals surface area contributed by atoms with Gasteiger partial charge < -0.3 is 10.4 Å². The molecule has 0 bridgehead atoms. The highest BCUT2D eigenvalue weighted by Gasteiger charge is 2.16. The van der Waals surface area contributed by atoms with Crippen molar-refractivity contribution in [3.05, 3.63) is 23.9 Å². The molecule has 0 saturated heterocycles. The van der Waals surface area contributed by atoms with Crippen LogP contribution >= 0.6 is 0 Å². The summed E-state index contributed by atoms with van der Waals surface area (Å²) in [6, 6.07) is 3.28. The van der Waals surface area contributed by atoms with Crippen LogP contribution in [0.3, 0.4) is 0 Å². The van der Waals surface area contributed by atoms with Gasteiger partial charge in [0.2, 0.25) is 0 Å². The highest BCUT2D eigenvalue weighted by atomic mass is 16.4. The highest BCUT2D eigenvalue weighted by molar-refractivity contribution is 5.87.